The lowest BCUT2D eigenvalue weighted by atomic mass is 10.00. The van der Waals surface area contributed by atoms with Crippen LogP contribution in [0.3, 0.4) is 0 Å². The van der Waals surface area contributed by atoms with Crippen LogP contribution in [0.2, 0.25) is 0 Å². The number of thioether (sulfide) groups is 1. The SMILES string of the molecule is O=C(CCCSc1ccc(Br)cc1)NCC(=O)N1CCc2ccccc2C1. The predicted molar refractivity (Wildman–Crippen MR) is 113 cm³/mol. The van der Waals surface area contributed by atoms with Crippen LogP contribution in [0.25, 0.3) is 0 Å². The Labute approximate surface area is 172 Å². The summed E-state index contributed by atoms with van der Waals surface area (Å²) in [6, 6.07) is 16.4. The van der Waals surface area contributed by atoms with Crippen LogP contribution in [-0.2, 0) is 22.6 Å². The monoisotopic (exact) mass is 446 g/mol. The number of carbonyl (C=O) groups excluding carboxylic acids is 2. The third kappa shape index (κ3) is 6.11. The summed E-state index contributed by atoms with van der Waals surface area (Å²) in [5.41, 5.74) is 2.52. The van der Waals surface area contributed by atoms with E-state index in [-0.39, 0.29) is 18.4 Å². The molecule has 0 aliphatic carbocycles. The molecule has 2 amide bonds. The number of amides is 2. The highest BCUT2D eigenvalue weighted by Crippen LogP contribution is 2.21. The van der Waals surface area contributed by atoms with Crippen molar-refractivity contribution in [2.75, 3.05) is 18.8 Å². The van der Waals surface area contributed by atoms with Crippen molar-refractivity contribution >= 4 is 39.5 Å². The number of carbonyl (C=O) groups is 2. The number of hydrogen-bond acceptors (Lipinski definition) is 3. The molecule has 4 nitrogen and oxygen atoms in total. The fourth-order valence-corrected chi connectivity index (χ4v) is 4.15. The number of hydrogen-bond donors (Lipinski definition) is 1. The molecule has 0 fully saturated rings. The van der Waals surface area contributed by atoms with Gasteiger partial charge in [-0.2, -0.15) is 0 Å². The van der Waals surface area contributed by atoms with E-state index in [1.165, 1.54) is 16.0 Å². The van der Waals surface area contributed by atoms with Gasteiger partial charge in [-0.3, -0.25) is 9.59 Å². The zero-order valence-electron chi connectivity index (χ0n) is 15.1. The molecule has 1 heterocycles. The fourth-order valence-electron chi connectivity index (χ4n) is 3.04. The van der Waals surface area contributed by atoms with Crippen LogP contribution in [0, 0.1) is 0 Å². The van der Waals surface area contributed by atoms with Gasteiger partial charge in [-0.25, -0.2) is 0 Å². The van der Waals surface area contributed by atoms with Crippen molar-refractivity contribution in [3.8, 4) is 0 Å². The summed E-state index contributed by atoms with van der Waals surface area (Å²) in [5.74, 6) is 0.811. The van der Waals surface area contributed by atoms with Gasteiger partial charge in [0.2, 0.25) is 11.8 Å². The normalized spacial score (nSPS) is 13.1. The quantitative estimate of drug-likeness (QED) is 0.515. The van der Waals surface area contributed by atoms with Gasteiger partial charge in [-0.1, -0.05) is 40.2 Å². The largest absolute Gasteiger partial charge is 0.347 e. The summed E-state index contributed by atoms with van der Waals surface area (Å²) < 4.78 is 1.06. The van der Waals surface area contributed by atoms with Gasteiger partial charge in [-0.15, -0.1) is 11.8 Å². The molecule has 0 unspecified atom stereocenters. The Balaban J connectivity index is 1.33. The van der Waals surface area contributed by atoms with Crippen molar-refractivity contribution in [1.29, 1.82) is 0 Å². The molecular formula is C21H23BrN2O2S. The van der Waals surface area contributed by atoms with E-state index in [9.17, 15) is 9.59 Å². The van der Waals surface area contributed by atoms with Crippen molar-refractivity contribution < 1.29 is 9.59 Å². The molecular weight excluding hydrogens is 424 g/mol. The van der Waals surface area contributed by atoms with Gasteiger partial charge in [0.15, 0.2) is 0 Å². The first-order chi connectivity index (χ1) is 13.1. The lowest BCUT2D eigenvalue weighted by molar-refractivity contribution is -0.133. The minimum atomic E-state index is -0.0582. The summed E-state index contributed by atoms with van der Waals surface area (Å²) in [7, 11) is 0. The molecule has 3 rings (SSSR count). The standard InChI is InChI=1S/C21H23BrN2O2S/c22-18-7-9-19(10-8-18)27-13-3-6-20(25)23-14-21(26)24-12-11-16-4-1-2-5-17(16)15-24/h1-2,4-5,7-10H,3,6,11-15H2,(H,23,25). The van der Waals surface area contributed by atoms with Crippen LogP contribution in [0.15, 0.2) is 57.9 Å². The van der Waals surface area contributed by atoms with Crippen LogP contribution in [0.5, 0.6) is 0 Å². The Morgan fingerprint density at radius 1 is 1.07 bits per heavy atom. The van der Waals surface area contributed by atoms with E-state index in [1.807, 2.05) is 29.2 Å². The molecule has 1 N–H and O–H groups in total. The maximum absolute atomic E-state index is 12.4. The van der Waals surface area contributed by atoms with Crippen LogP contribution < -0.4 is 5.32 Å². The minimum Gasteiger partial charge on any atom is -0.347 e. The third-order valence-corrected chi connectivity index (χ3v) is 6.18. The van der Waals surface area contributed by atoms with E-state index >= 15 is 0 Å². The average Bonchev–Trinajstić information content (AvgIpc) is 2.70. The first kappa shape index (κ1) is 20.0. The Bertz CT molecular complexity index is 795. The molecule has 0 radical (unpaired) electrons. The zero-order chi connectivity index (χ0) is 19.1. The van der Waals surface area contributed by atoms with Gasteiger partial charge in [0.25, 0.3) is 0 Å². The molecule has 1 aliphatic heterocycles. The molecule has 0 atom stereocenters. The topological polar surface area (TPSA) is 49.4 Å². The Hall–Kier alpha value is -1.79. The van der Waals surface area contributed by atoms with E-state index in [4.69, 9.17) is 0 Å². The number of fused-ring (bicyclic) bond motifs is 1. The number of halogens is 1. The van der Waals surface area contributed by atoms with Crippen molar-refractivity contribution in [3.63, 3.8) is 0 Å². The second-order valence-corrected chi connectivity index (χ2v) is 8.60. The number of benzene rings is 2. The van der Waals surface area contributed by atoms with Crippen LogP contribution in [0.4, 0.5) is 0 Å². The summed E-state index contributed by atoms with van der Waals surface area (Å²) in [4.78, 5) is 27.4. The summed E-state index contributed by atoms with van der Waals surface area (Å²) in [6.45, 7) is 1.44. The third-order valence-electron chi connectivity index (χ3n) is 4.55. The van der Waals surface area contributed by atoms with Gasteiger partial charge >= 0.3 is 0 Å². The molecule has 1 aliphatic rings. The van der Waals surface area contributed by atoms with Crippen LogP contribution in [0.1, 0.15) is 24.0 Å². The van der Waals surface area contributed by atoms with Gasteiger partial charge in [-0.05, 0) is 54.0 Å². The van der Waals surface area contributed by atoms with E-state index in [0.29, 0.717) is 13.0 Å². The molecule has 27 heavy (non-hydrogen) atoms. The highest BCUT2D eigenvalue weighted by Gasteiger charge is 2.20. The molecule has 2 aromatic rings. The smallest absolute Gasteiger partial charge is 0.242 e. The molecule has 0 bridgehead atoms. The fraction of sp³-hybridized carbons (Fsp3) is 0.333. The highest BCUT2D eigenvalue weighted by molar-refractivity contribution is 9.10. The van der Waals surface area contributed by atoms with Crippen molar-refractivity contribution in [1.82, 2.24) is 10.2 Å². The van der Waals surface area contributed by atoms with Crippen molar-refractivity contribution in [2.24, 2.45) is 0 Å². The lowest BCUT2D eigenvalue weighted by Crippen LogP contribution is -2.42. The molecule has 0 aromatic heterocycles. The summed E-state index contributed by atoms with van der Waals surface area (Å²) in [5, 5.41) is 2.76. The first-order valence-electron chi connectivity index (χ1n) is 9.11. The van der Waals surface area contributed by atoms with Crippen molar-refractivity contribution in [2.45, 2.75) is 30.7 Å². The second kappa shape index (κ2) is 9.95. The van der Waals surface area contributed by atoms with E-state index in [1.54, 1.807) is 11.8 Å². The molecule has 142 valence electrons. The van der Waals surface area contributed by atoms with E-state index < -0.39 is 0 Å². The van der Waals surface area contributed by atoms with Crippen LogP contribution >= 0.6 is 27.7 Å². The Kier molecular flexibility index (Phi) is 7.35. The first-order valence-corrected chi connectivity index (χ1v) is 10.9. The number of nitrogens with zero attached hydrogens (tertiary/aromatic N) is 1. The minimum absolute atomic E-state index is 0.0120. The summed E-state index contributed by atoms with van der Waals surface area (Å²) in [6.07, 6.45) is 2.11. The van der Waals surface area contributed by atoms with E-state index in [2.05, 4.69) is 45.5 Å². The molecule has 0 saturated carbocycles. The molecule has 0 saturated heterocycles. The number of nitrogens with one attached hydrogen (secondary N) is 1. The van der Waals surface area contributed by atoms with Crippen molar-refractivity contribution in [3.05, 3.63) is 64.1 Å². The maximum Gasteiger partial charge on any atom is 0.242 e. The van der Waals surface area contributed by atoms with Gasteiger partial charge in [0, 0.05) is 28.9 Å². The molecule has 0 spiro atoms. The van der Waals surface area contributed by atoms with Gasteiger partial charge in [0.1, 0.15) is 0 Å². The summed E-state index contributed by atoms with van der Waals surface area (Å²) >= 11 is 5.15. The molecule has 2 aromatic carbocycles. The maximum atomic E-state index is 12.4. The van der Waals surface area contributed by atoms with E-state index in [0.717, 1.165) is 29.6 Å². The number of rotatable bonds is 7. The van der Waals surface area contributed by atoms with Gasteiger partial charge in [0.05, 0.1) is 6.54 Å². The molecule has 6 heteroatoms. The lowest BCUT2D eigenvalue weighted by Gasteiger charge is -2.29. The Morgan fingerprint density at radius 3 is 2.59 bits per heavy atom. The Morgan fingerprint density at radius 2 is 1.81 bits per heavy atom. The average molecular weight is 447 g/mol. The zero-order valence-corrected chi connectivity index (χ0v) is 17.5. The highest BCUT2D eigenvalue weighted by atomic mass is 79.9. The van der Waals surface area contributed by atoms with Crippen LogP contribution in [-0.4, -0.2) is 35.6 Å². The van der Waals surface area contributed by atoms with Gasteiger partial charge < -0.3 is 10.2 Å². The second-order valence-electron chi connectivity index (χ2n) is 6.52. The predicted octanol–water partition coefficient (Wildman–Crippen LogP) is 4.02.